The topological polar surface area (TPSA) is 67.9 Å². The van der Waals surface area contributed by atoms with Crippen LogP contribution in [0.3, 0.4) is 0 Å². The molecule has 0 atom stereocenters. The minimum absolute atomic E-state index is 0.146. The number of halogens is 2. The van der Waals surface area contributed by atoms with E-state index in [9.17, 15) is 4.39 Å². The van der Waals surface area contributed by atoms with Crippen LogP contribution in [0, 0.1) is 19.7 Å². The normalized spacial score (nSPS) is 13.7. The first-order valence-corrected chi connectivity index (χ1v) is 9.66. The molecule has 1 aliphatic rings. The molecule has 8 heteroatoms. The lowest BCUT2D eigenvalue weighted by molar-refractivity contribution is 0.393. The van der Waals surface area contributed by atoms with Gasteiger partial charge < -0.3 is 9.42 Å². The molecule has 4 aromatic rings. The molecule has 0 aliphatic carbocycles. The van der Waals surface area contributed by atoms with Crippen molar-refractivity contribution in [1.29, 1.82) is 0 Å². The highest BCUT2D eigenvalue weighted by Crippen LogP contribution is 2.32. The molecule has 5 rings (SSSR count). The number of nitrogens with zero attached hydrogens (tertiary/aromatic N) is 5. The molecule has 0 saturated heterocycles. The molecule has 0 unspecified atom stereocenters. The van der Waals surface area contributed by atoms with Crippen LogP contribution in [0.1, 0.15) is 22.7 Å². The minimum Gasteiger partial charge on any atom is -0.361 e. The molecule has 29 heavy (non-hydrogen) atoms. The molecular weight excluding hydrogens is 393 g/mol. The van der Waals surface area contributed by atoms with E-state index in [1.54, 1.807) is 6.07 Å². The number of aryl methyl sites for hydroxylation is 2. The van der Waals surface area contributed by atoms with Gasteiger partial charge in [0, 0.05) is 47.9 Å². The highest BCUT2D eigenvalue weighted by Gasteiger charge is 2.23. The van der Waals surface area contributed by atoms with Crippen molar-refractivity contribution in [2.45, 2.75) is 26.8 Å². The van der Waals surface area contributed by atoms with Crippen LogP contribution in [0.4, 0.5) is 10.2 Å². The third-order valence-corrected chi connectivity index (χ3v) is 5.44. The highest BCUT2D eigenvalue weighted by atomic mass is 35.5. The summed E-state index contributed by atoms with van der Waals surface area (Å²) in [6, 6.07) is 6.57. The number of benzene rings is 1. The van der Waals surface area contributed by atoms with E-state index in [1.165, 1.54) is 12.1 Å². The summed E-state index contributed by atoms with van der Waals surface area (Å²) in [6.07, 6.45) is 2.63. The van der Waals surface area contributed by atoms with E-state index in [4.69, 9.17) is 16.1 Å². The molecule has 4 heterocycles. The van der Waals surface area contributed by atoms with Gasteiger partial charge in [-0.25, -0.2) is 9.37 Å². The van der Waals surface area contributed by atoms with Gasteiger partial charge >= 0.3 is 0 Å². The summed E-state index contributed by atoms with van der Waals surface area (Å²) in [5.74, 6) is 1.07. The van der Waals surface area contributed by atoms with Crippen molar-refractivity contribution in [1.82, 2.24) is 20.1 Å². The van der Waals surface area contributed by atoms with Crippen LogP contribution in [0.2, 0.25) is 5.28 Å². The van der Waals surface area contributed by atoms with Gasteiger partial charge in [0.15, 0.2) is 0 Å². The molecule has 0 amide bonds. The molecule has 0 radical (unpaired) electrons. The van der Waals surface area contributed by atoms with Gasteiger partial charge in [0.1, 0.15) is 17.4 Å². The Balaban J connectivity index is 1.57. The van der Waals surface area contributed by atoms with Gasteiger partial charge in [0.2, 0.25) is 5.28 Å². The Hall–Kier alpha value is -3.06. The number of hydrogen-bond donors (Lipinski definition) is 0. The first-order valence-electron chi connectivity index (χ1n) is 9.28. The van der Waals surface area contributed by atoms with Crippen molar-refractivity contribution in [3.8, 4) is 11.1 Å². The molecule has 0 bridgehead atoms. The molecule has 0 fully saturated rings. The minimum atomic E-state index is -0.329. The quantitative estimate of drug-likeness (QED) is 0.449. The lowest BCUT2D eigenvalue weighted by Crippen LogP contribution is -2.32. The summed E-state index contributed by atoms with van der Waals surface area (Å²) in [7, 11) is 0. The lowest BCUT2D eigenvalue weighted by atomic mass is 9.99. The van der Waals surface area contributed by atoms with Crippen LogP contribution in [0.15, 0.2) is 35.0 Å². The molecule has 0 spiro atoms. The van der Waals surface area contributed by atoms with Crippen molar-refractivity contribution in [2.24, 2.45) is 0 Å². The van der Waals surface area contributed by atoms with E-state index >= 15 is 0 Å². The first-order chi connectivity index (χ1) is 14.0. The fraction of sp³-hybridized carbons (Fsp3) is 0.238. The Morgan fingerprint density at radius 1 is 1.17 bits per heavy atom. The second-order valence-corrected chi connectivity index (χ2v) is 7.52. The predicted molar refractivity (Wildman–Crippen MR) is 108 cm³/mol. The van der Waals surface area contributed by atoms with Crippen molar-refractivity contribution in [2.75, 3.05) is 11.4 Å². The molecule has 1 aromatic carbocycles. The SMILES string of the molecule is Cc1noc(C)c1-c1cnc2c(c1)CN(c1nc(Cl)nc3ccc(F)cc13)CC2. The predicted octanol–water partition coefficient (Wildman–Crippen LogP) is 4.65. The average Bonchev–Trinajstić information content (AvgIpc) is 3.05. The van der Waals surface area contributed by atoms with E-state index in [0.29, 0.717) is 29.8 Å². The molecule has 1 aliphatic heterocycles. The van der Waals surface area contributed by atoms with Crippen LogP contribution < -0.4 is 4.90 Å². The summed E-state index contributed by atoms with van der Waals surface area (Å²) in [5, 5.41) is 4.83. The van der Waals surface area contributed by atoms with Gasteiger partial charge in [0.05, 0.1) is 11.2 Å². The largest absolute Gasteiger partial charge is 0.361 e. The van der Waals surface area contributed by atoms with Gasteiger partial charge in [0.25, 0.3) is 0 Å². The molecule has 6 nitrogen and oxygen atoms in total. The van der Waals surface area contributed by atoms with Crippen LogP contribution in [0.25, 0.3) is 22.0 Å². The van der Waals surface area contributed by atoms with Crippen LogP contribution in [0.5, 0.6) is 0 Å². The Kier molecular flexibility index (Phi) is 4.20. The van der Waals surface area contributed by atoms with Crippen molar-refractivity contribution in [3.63, 3.8) is 0 Å². The number of anilines is 1. The van der Waals surface area contributed by atoms with Crippen LogP contribution in [-0.2, 0) is 13.0 Å². The van der Waals surface area contributed by atoms with Crippen molar-refractivity contribution >= 4 is 28.3 Å². The van der Waals surface area contributed by atoms with E-state index in [1.807, 2.05) is 20.0 Å². The summed E-state index contributed by atoms with van der Waals surface area (Å²) in [5.41, 5.74) is 5.53. The van der Waals surface area contributed by atoms with E-state index < -0.39 is 0 Å². The number of aromatic nitrogens is 4. The smallest absolute Gasteiger partial charge is 0.224 e. The Bertz CT molecular complexity index is 1240. The maximum absolute atomic E-state index is 13.9. The number of pyridine rings is 1. The zero-order chi connectivity index (χ0) is 20.1. The van der Waals surface area contributed by atoms with Gasteiger partial charge in [-0.05, 0) is 55.3 Å². The van der Waals surface area contributed by atoms with Crippen LogP contribution in [-0.4, -0.2) is 26.7 Å². The maximum atomic E-state index is 13.9. The summed E-state index contributed by atoms with van der Waals surface area (Å²) in [4.78, 5) is 15.4. The van der Waals surface area contributed by atoms with E-state index in [0.717, 1.165) is 40.3 Å². The fourth-order valence-corrected chi connectivity index (χ4v) is 4.11. The van der Waals surface area contributed by atoms with E-state index in [2.05, 4.69) is 31.1 Å². The molecule has 0 saturated carbocycles. The molecule has 146 valence electrons. The van der Waals surface area contributed by atoms with Gasteiger partial charge in [-0.15, -0.1) is 0 Å². The maximum Gasteiger partial charge on any atom is 0.224 e. The average molecular weight is 410 g/mol. The third-order valence-electron chi connectivity index (χ3n) is 5.27. The monoisotopic (exact) mass is 409 g/mol. The molecule has 3 aromatic heterocycles. The van der Waals surface area contributed by atoms with Crippen LogP contribution >= 0.6 is 11.6 Å². The number of rotatable bonds is 2. The fourth-order valence-electron chi connectivity index (χ4n) is 3.94. The van der Waals surface area contributed by atoms with Gasteiger partial charge in [-0.3, -0.25) is 4.98 Å². The second-order valence-electron chi connectivity index (χ2n) is 7.18. The first kappa shape index (κ1) is 18.0. The van der Waals surface area contributed by atoms with Crippen molar-refractivity contribution < 1.29 is 8.91 Å². The van der Waals surface area contributed by atoms with Gasteiger partial charge in [-0.1, -0.05) is 5.16 Å². The third kappa shape index (κ3) is 3.11. The second kappa shape index (κ2) is 6.77. The summed E-state index contributed by atoms with van der Waals surface area (Å²) in [6.45, 7) is 5.12. The highest BCUT2D eigenvalue weighted by molar-refractivity contribution is 6.28. The Morgan fingerprint density at radius 3 is 2.83 bits per heavy atom. The number of fused-ring (bicyclic) bond motifs is 2. The Morgan fingerprint density at radius 2 is 2.03 bits per heavy atom. The summed E-state index contributed by atoms with van der Waals surface area (Å²) >= 11 is 6.14. The summed E-state index contributed by atoms with van der Waals surface area (Å²) < 4.78 is 19.2. The van der Waals surface area contributed by atoms with Gasteiger partial charge in [-0.2, -0.15) is 4.98 Å². The van der Waals surface area contributed by atoms with Crippen molar-refractivity contribution in [3.05, 3.63) is 64.3 Å². The number of hydrogen-bond acceptors (Lipinski definition) is 6. The van der Waals surface area contributed by atoms with E-state index in [-0.39, 0.29) is 11.1 Å². The molecule has 0 N–H and O–H groups in total. The molecular formula is C21H17ClFN5O. The Labute approximate surface area is 171 Å². The zero-order valence-corrected chi connectivity index (χ0v) is 16.7. The standard InChI is InChI=1S/C21H17ClFN5O/c1-11-19(12(2)29-27-11)13-7-14-10-28(6-5-17(14)24-9-13)20-16-8-15(23)3-4-18(16)25-21(22)26-20/h3-4,7-9H,5-6,10H2,1-2H3. The zero-order valence-electron chi connectivity index (χ0n) is 15.9. The lowest BCUT2D eigenvalue weighted by Gasteiger charge is -2.30.